The summed E-state index contributed by atoms with van der Waals surface area (Å²) in [5, 5.41) is 14.9. The van der Waals surface area contributed by atoms with Gasteiger partial charge in [0.05, 0.1) is 17.6 Å². The van der Waals surface area contributed by atoms with Crippen LogP contribution in [0.4, 0.5) is 5.13 Å². The summed E-state index contributed by atoms with van der Waals surface area (Å²) in [5.41, 5.74) is 1.34. The van der Waals surface area contributed by atoms with Crippen LogP contribution >= 0.6 is 35.3 Å². The standard InChI is InChI=1S/C25H24ClN3O4S.ClH/c26-18-4-2-1-3-17(18)22-19(30)7-10-29(22)13-16-12-27-24(34-16)28-23(31)25(8-9-25)15-5-6-20-21(11-15)33-14-32-20;/h1-6,11-12,19,22,30H,7-10,13-14H2,(H,27,28,31);1H/t19-,22+;/m0./s1. The van der Waals surface area contributed by atoms with E-state index in [1.54, 1.807) is 6.20 Å². The smallest absolute Gasteiger partial charge is 0.236 e. The molecule has 2 fully saturated rings. The first kappa shape index (κ1) is 24.3. The van der Waals surface area contributed by atoms with Gasteiger partial charge in [-0.15, -0.1) is 23.7 Å². The van der Waals surface area contributed by atoms with Crippen molar-refractivity contribution in [2.45, 2.75) is 43.4 Å². The number of nitrogens with one attached hydrogen (secondary N) is 1. The second-order valence-electron chi connectivity index (χ2n) is 9.03. The predicted molar refractivity (Wildman–Crippen MR) is 137 cm³/mol. The average Bonchev–Trinajstić information content (AvgIpc) is 3.12. The van der Waals surface area contributed by atoms with Gasteiger partial charge in [-0.2, -0.15) is 0 Å². The number of thiazole rings is 1. The first-order valence-electron chi connectivity index (χ1n) is 11.4. The molecule has 1 saturated heterocycles. The lowest BCUT2D eigenvalue weighted by molar-refractivity contribution is -0.118. The number of fused-ring (bicyclic) bond motifs is 1. The number of ether oxygens (including phenoxy) is 2. The van der Waals surface area contributed by atoms with Gasteiger partial charge in [-0.25, -0.2) is 4.98 Å². The van der Waals surface area contributed by atoms with Crippen molar-refractivity contribution >= 4 is 46.4 Å². The third-order valence-electron chi connectivity index (χ3n) is 6.94. The van der Waals surface area contributed by atoms with E-state index in [0.29, 0.717) is 34.6 Å². The summed E-state index contributed by atoms with van der Waals surface area (Å²) in [7, 11) is 0. The van der Waals surface area contributed by atoms with Crippen LogP contribution in [0.25, 0.3) is 0 Å². The van der Waals surface area contributed by atoms with Gasteiger partial charge in [0.15, 0.2) is 16.6 Å². The molecule has 35 heavy (non-hydrogen) atoms. The molecule has 3 aromatic rings. The molecule has 6 rings (SSSR count). The largest absolute Gasteiger partial charge is 0.454 e. The number of rotatable bonds is 6. The number of hydrogen-bond acceptors (Lipinski definition) is 7. The van der Waals surface area contributed by atoms with Crippen molar-refractivity contribution in [1.82, 2.24) is 9.88 Å². The van der Waals surface area contributed by atoms with Crippen LogP contribution in [0.1, 0.15) is 41.3 Å². The van der Waals surface area contributed by atoms with Gasteiger partial charge in [0.2, 0.25) is 12.7 Å². The molecule has 0 radical (unpaired) electrons. The predicted octanol–water partition coefficient (Wildman–Crippen LogP) is 4.93. The van der Waals surface area contributed by atoms with Gasteiger partial charge in [0, 0.05) is 29.2 Å². The molecule has 3 aliphatic rings. The molecular weight excluding hydrogens is 509 g/mol. The van der Waals surface area contributed by atoms with Crippen molar-refractivity contribution in [1.29, 1.82) is 0 Å². The summed E-state index contributed by atoms with van der Waals surface area (Å²) in [6.45, 7) is 1.61. The maximum Gasteiger partial charge on any atom is 0.236 e. The number of hydrogen-bond donors (Lipinski definition) is 2. The topological polar surface area (TPSA) is 83.9 Å². The summed E-state index contributed by atoms with van der Waals surface area (Å²) in [4.78, 5) is 20.9. The number of amides is 1. The Balaban J connectivity index is 0.00000253. The number of benzene rings is 2. The van der Waals surface area contributed by atoms with Gasteiger partial charge in [0.25, 0.3) is 0 Å². The first-order chi connectivity index (χ1) is 16.5. The van der Waals surface area contributed by atoms with Gasteiger partial charge in [-0.3, -0.25) is 9.69 Å². The molecule has 0 bridgehead atoms. The Morgan fingerprint density at radius 2 is 2.03 bits per heavy atom. The molecule has 2 aliphatic heterocycles. The lowest BCUT2D eigenvalue weighted by atomic mass is 9.94. The molecule has 2 atom stereocenters. The van der Waals surface area contributed by atoms with Crippen LogP contribution in [0.3, 0.4) is 0 Å². The van der Waals surface area contributed by atoms with E-state index in [-0.39, 0.29) is 31.1 Å². The molecule has 184 valence electrons. The number of anilines is 1. The van der Waals surface area contributed by atoms with Crippen molar-refractivity contribution in [2.75, 3.05) is 18.7 Å². The zero-order valence-corrected chi connectivity index (χ0v) is 21.2. The minimum atomic E-state index is -0.541. The molecule has 1 saturated carbocycles. The average molecular weight is 534 g/mol. The summed E-state index contributed by atoms with van der Waals surface area (Å²) in [6, 6.07) is 13.2. The van der Waals surface area contributed by atoms with Crippen molar-refractivity contribution < 1.29 is 19.4 Å². The Kier molecular flexibility index (Phi) is 6.67. The number of likely N-dealkylation sites (tertiary alicyclic amines) is 1. The molecule has 3 heterocycles. The lowest BCUT2D eigenvalue weighted by Gasteiger charge is -2.26. The third kappa shape index (κ3) is 4.49. The second kappa shape index (κ2) is 9.59. The fourth-order valence-corrected chi connectivity index (χ4v) is 6.04. The molecule has 7 nitrogen and oxygen atoms in total. The Hall–Kier alpha value is -2.36. The van der Waals surface area contributed by atoms with Gasteiger partial charge in [-0.1, -0.05) is 35.9 Å². The van der Waals surface area contributed by atoms with E-state index in [0.717, 1.165) is 35.4 Å². The Labute approximate surface area is 218 Å². The molecule has 1 aromatic heterocycles. The van der Waals surface area contributed by atoms with Gasteiger partial charge in [0.1, 0.15) is 0 Å². The van der Waals surface area contributed by atoms with E-state index in [1.165, 1.54) is 11.3 Å². The van der Waals surface area contributed by atoms with Gasteiger partial charge >= 0.3 is 0 Å². The maximum absolute atomic E-state index is 13.2. The Morgan fingerprint density at radius 1 is 1.23 bits per heavy atom. The Morgan fingerprint density at radius 3 is 2.83 bits per heavy atom. The normalized spacial score (nSPS) is 22.0. The number of halogens is 2. The summed E-state index contributed by atoms with van der Waals surface area (Å²) in [6.07, 6.45) is 3.61. The number of aliphatic hydroxyl groups is 1. The fraction of sp³-hybridized carbons (Fsp3) is 0.360. The van der Waals surface area contributed by atoms with Crippen LogP contribution in [-0.4, -0.2) is 40.3 Å². The van der Waals surface area contributed by atoms with Gasteiger partial charge in [-0.05, 0) is 48.6 Å². The molecule has 2 N–H and O–H groups in total. The highest BCUT2D eigenvalue weighted by molar-refractivity contribution is 7.15. The lowest BCUT2D eigenvalue weighted by Crippen LogP contribution is -2.27. The van der Waals surface area contributed by atoms with Crippen molar-refractivity contribution in [3.05, 3.63) is 69.7 Å². The van der Waals surface area contributed by atoms with Crippen molar-refractivity contribution in [3.63, 3.8) is 0 Å². The number of aliphatic hydroxyl groups excluding tert-OH is 1. The number of carbonyl (C=O) groups excluding carboxylic acids is 1. The van der Waals surface area contributed by atoms with E-state index in [9.17, 15) is 9.90 Å². The fourth-order valence-electron chi connectivity index (χ4n) is 4.96. The number of aromatic nitrogens is 1. The molecule has 2 aromatic carbocycles. The Bertz CT molecular complexity index is 1250. The minimum absolute atomic E-state index is 0. The number of nitrogens with zero attached hydrogens (tertiary/aromatic N) is 2. The molecule has 10 heteroatoms. The van der Waals surface area contributed by atoms with Crippen LogP contribution in [-0.2, 0) is 16.8 Å². The van der Waals surface area contributed by atoms with Crippen LogP contribution in [0.5, 0.6) is 11.5 Å². The third-order valence-corrected chi connectivity index (χ3v) is 8.18. The molecule has 0 unspecified atom stereocenters. The highest BCUT2D eigenvalue weighted by Crippen LogP contribution is 2.51. The monoisotopic (exact) mass is 533 g/mol. The zero-order chi connectivity index (χ0) is 23.3. The SMILES string of the molecule is Cl.O=C(Nc1ncc(CN2CC[C@H](O)[C@H]2c2ccccc2Cl)s1)C1(c2ccc3c(c2)OCO3)CC1. The van der Waals surface area contributed by atoms with Gasteiger partial charge < -0.3 is 19.9 Å². The van der Waals surface area contributed by atoms with E-state index >= 15 is 0 Å². The van der Waals surface area contributed by atoms with E-state index < -0.39 is 11.5 Å². The summed E-state index contributed by atoms with van der Waals surface area (Å²) >= 11 is 7.89. The second-order valence-corrected chi connectivity index (χ2v) is 10.6. The van der Waals surface area contributed by atoms with E-state index in [2.05, 4.69) is 15.2 Å². The van der Waals surface area contributed by atoms with Crippen LogP contribution in [0.2, 0.25) is 5.02 Å². The highest BCUT2D eigenvalue weighted by Gasteiger charge is 2.52. The van der Waals surface area contributed by atoms with Crippen molar-refractivity contribution in [3.8, 4) is 11.5 Å². The first-order valence-corrected chi connectivity index (χ1v) is 12.6. The zero-order valence-electron chi connectivity index (χ0n) is 18.8. The van der Waals surface area contributed by atoms with E-state index in [4.69, 9.17) is 21.1 Å². The molecule has 1 aliphatic carbocycles. The van der Waals surface area contributed by atoms with Crippen LogP contribution in [0, 0.1) is 0 Å². The van der Waals surface area contributed by atoms with Crippen molar-refractivity contribution in [2.24, 2.45) is 0 Å². The molecule has 1 amide bonds. The number of carbonyl (C=O) groups is 1. The van der Waals surface area contributed by atoms with Crippen LogP contribution < -0.4 is 14.8 Å². The molecule has 0 spiro atoms. The quantitative estimate of drug-likeness (QED) is 0.467. The molecular formula is C25H25Cl2N3O4S. The van der Waals surface area contributed by atoms with E-state index in [1.807, 2.05) is 42.5 Å². The maximum atomic E-state index is 13.2. The highest BCUT2D eigenvalue weighted by atomic mass is 35.5. The summed E-state index contributed by atoms with van der Waals surface area (Å²) in [5.74, 6) is 1.36. The summed E-state index contributed by atoms with van der Waals surface area (Å²) < 4.78 is 10.9. The van der Waals surface area contributed by atoms with Crippen LogP contribution in [0.15, 0.2) is 48.7 Å². The minimum Gasteiger partial charge on any atom is -0.454 e.